The fourth-order valence-corrected chi connectivity index (χ4v) is 5.06. The second-order valence-corrected chi connectivity index (χ2v) is 9.45. The van der Waals surface area contributed by atoms with Gasteiger partial charge in [-0.15, -0.1) is 0 Å². The quantitative estimate of drug-likeness (QED) is 0.244. The van der Waals surface area contributed by atoms with E-state index in [1.807, 2.05) is 0 Å². The molecule has 0 spiro atoms. The monoisotopic (exact) mass is 578 g/mol. The highest BCUT2D eigenvalue weighted by atomic mass is 19.4. The molecule has 0 bridgehead atoms. The molecule has 1 saturated carbocycles. The van der Waals surface area contributed by atoms with Crippen molar-refractivity contribution in [1.82, 2.24) is 0 Å². The molecule has 1 aliphatic carbocycles. The van der Waals surface area contributed by atoms with Crippen LogP contribution >= 0.6 is 0 Å². The Labute approximate surface area is 226 Å². The van der Waals surface area contributed by atoms with Gasteiger partial charge in [0.05, 0.1) is 48.4 Å². The zero-order chi connectivity index (χ0) is 29.8. The number of rotatable bonds is 8. The predicted octanol–water partition coefficient (Wildman–Crippen LogP) is 7.25. The lowest BCUT2D eigenvalue weighted by atomic mass is 9.67. The van der Waals surface area contributed by atoms with Gasteiger partial charge in [0.2, 0.25) is 0 Å². The third kappa shape index (κ3) is 7.32. The Morgan fingerprint density at radius 2 is 1.38 bits per heavy atom. The first kappa shape index (κ1) is 31.4. The van der Waals surface area contributed by atoms with Gasteiger partial charge in [-0.3, -0.25) is 9.59 Å². The minimum atomic E-state index is -5.04. The van der Waals surface area contributed by atoms with E-state index < -0.39 is 71.2 Å². The van der Waals surface area contributed by atoms with Gasteiger partial charge in [0.25, 0.3) is 0 Å². The summed E-state index contributed by atoms with van der Waals surface area (Å²) in [6.07, 6.45) is -12.1. The maximum absolute atomic E-state index is 13.8. The standard InChI is InChI=1S/C28H29F7O5/c1-4-38-25(36)21-10-11-22(23(24(21)26(37)39-5-2)16-6-8-20(29)9-7-16)40-15(3)17-12-18(27(30,31)32)14-19(13-17)28(33,34)35/h6-9,12-15,21-24H,4-5,10-11H2,1-3H3/t15-,21+,22+,23-,24+/m1/s1. The van der Waals surface area contributed by atoms with Crippen LogP contribution in [0.3, 0.4) is 0 Å². The number of carbonyl (C=O) groups excluding carboxylic acids is 2. The van der Waals surface area contributed by atoms with E-state index in [2.05, 4.69) is 0 Å². The zero-order valence-corrected chi connectivity index (χ0v) is 21.9. The van der Waals surface area contributed by atoms with E-state index in [9.17, 15) is 40.3 Å². The second-order valence-electron chi connectivity index (χ2n) is 9.45. The average Bonchev–Trinajstić information content (AvgIpc) is 2.88. The van der Waals surface area contributed by atoms with Crippen LogP contribution < -0.4 is 0 Å². The summed E-state index contributed by atoms with van der Waals surface area (Å²) in [6.45, 7) is 4.48. The first-order valence-corrected chi connectivity index (χ1v) is 12.7. The zero-order valence-electron chi connectivity index (χ0n) is 21.9. The third-order valence-electron chi connectivity index (χ3n) is 6.84. The van der Waals surface area contributed by atoms with Crippen LogP contribution in [0.5, 0.6) is 0 Å². The van der Waals surface area contributed by atoms with E-state index in [-0.39, 0.29) is 37.7 Å². The summed E-state index contributed by atoms with van der Waals surface area (Å²) in [5, 5.41) is 0. The normalized spacial score (nSPS) is 22.4. The van der Waals surface area contributed by atoms with Crippen molar-refractivity contribution < 1.29 is 54.5 Å². The van der Waals surface area contributed by atoms with E-state index >= 15 is 0 Å². The molecular formula is C28H29F7O5. The summed E-state index contributed by atoms with van der Waals surface area (Å²) in [5.74, 6) is -5.07. The minimum absolute atomic E-state index is 0.0204. The molecule has 0 radical (unpaired) electrons. The summed E-state index contributed by atoms with van der Waals surface area (Å²) in [7, 11) is 0. The molecule has 220 valence electrons. The van der Waals surface area contributed by atoms with Crippen molar-refractivity contribution in [1.29, 1.82) is 0 Å². The molecular weight excluding hydrogens is 549 g/mol. The molecule has 0 amide bonds. The van der Waals surface area contributed by atoms with Gasteiger partial charge in [-0.1, -0.05) is 12.1 Å². The smallest absolute Gasteiger partial charge is 0.416 e. The molecule has 5 nitrogen and oxygen atoms in total. The van der Waals surface area contributed by atoms with Crippen molar-refractivity contribution in [2.24, 2.45) is 11.8 Å². The Hall–Kier alpha value is -3.15. The maximum Gasteiger partial charge on any atom is 0.416 e. The Kier molecular flexibility index (Phi) is 9.86. The van der Waals surface area contributed by atoms with Crippen LogP contribution in [-0.2, 0) is 36.2 Å². The molecule has 2 aromatic carbocycles. The van der Waals surface area contributed by atoms with Gasteiger partial charge < -0.3 is 14.2 Å². The Morgan fingerprint density at radius 1 is 0.850 bits per heavy atom. The van der Waals surface area contributed by atoms with Crippen molar-refractivity contribution in [3.63, 3.8) is 0 Å². The average molecular weight is 579 g/mol. The minimum Gasteiger partial charge on any atom is -0.466 e. The van der Waals surface area contributed by atoms with Crippen molar-refractivity contribution in [2.45, 2.75) is 64.1 Å². The highest BCUT2D eigenvalue weighted by molar-refractivity contribution is 5.83. The Bertz CT molecular complexity index is 1140. The largest absolute Gasteiger partial charge is 0.466 e. The molecule has 3 rings (SSSR count). The van der Waals surface area contributed by atoms with E-state index in [4.69, 9.17) is 14.2 Å². The van der Waals surface area contributed by atoms with Crippen LogP contribution in [0.4, 0.5) is 30.7 Å². The number of ether oxygens (including phenoxy) is 3. The maximum atomic E-state index is 13.8. The van der Waals surface area contributed by atoms with Crippen molar-refractivity contribution in [2.75, 3.05) is 13.2 Å². The molecule has 0 unspecified atom stereocenters. The van der Waals surface area contributed by atoms with Crippen LogP contribution in [-0.4, -0.2) is 31.3 Å². The predicted molar refractivity (Wildman–Crippen MR) is 128 cm³/mol. The number of hydrogen-bond acceptors (Lipinski definition) is 5. The number of hydrogen-bond donors (Lipinski definition) is 0. The van der Waals surface area contributed by atoms with Crippen LogP contribution in [0.2, 0.25) is 0 Å². The van der Waals surface area contributed by atoms with Gasteiger partial charge >= 0.3 is 24.3 Å². The van der Waals surface area contributed by atoms with Crippen LogP contribution in [0.15, 0.2) is 42.5 Å². The van der Waals surface area contributed by atoms with Gasteiger partial charge in [0.15, 0.2) is 0 Å². The fourth-order valence-electron chi connectivity index (χ4n) is 5.06. The van der Waals surface area contributed by atoms with Crippen molar-refractivity contribution >= 4 is 11.9 Å². The van der Waals surface area contributed by atoms with Crippen LogP contribution in [0.25, 0.3) is 0 Å². The summed E-state index contributed by atoms with van der Waals surface area (Å²) < 4.78 is 111. The second kappa shape index (κ2) is 12.6. The lowest BCUT2D eigenvalue weighted by Crippen LogP contribution is -2.46. The molecule has 40 heavy (non-hydrogen) atoms. The molecule has 1 aliphatic rings. The lowest BCUT2D eigenvalue weighted by Gasteiger charge is -2.41. The van der Waals surface area contributed by atoms with Crippen LogP contribution in [0, 0.1) is 17.7 Å². The van der Waals surface area contributed by atoms with Gasteiger partial charge in [-0.05, 0) is 75.1 Å². The summed E-state index contributed by atoms with van der Waals surface area (Å²) in [4.78, 5) is 26.0. The number of halogens is 7. The van der Waals surface area contributed by atoms with Crippen molar-refractivity contribution in [3.05, 3.63) is 70.5 Å². The number of esters is 2. The number of benzene rings is 2. The molecule has 1 fully saturated rings. The number of carbonyl (C=O) groups is 2. The SMILES string of the molecule is CCOC(=O)[C@@H]1[C@H](c2ccc(F)cc2)[C@@H](O[C@H](C)c2cc(C(F)(F)F)cc(C(F)(F)F)c2)CC[C@@H]1C(=O)OCC. The summed E-state index contributed by atoms with van der Waals surface area (Å²) in [5.41, 5.74) is -2.97. The first-order valence-electron chi connectivity index (χ1n) is 12.7. The Morgan fingerprint density at radius 3 is 1.88 bits per heavy atom. The van der Waals surface area contributed by atoms with Gasteiger partial charge in [-0.2, -0.15) is 26.3 Å². The van der Waals surface area contributed by atoms with E-state index in [0.29, 0.717) is 17.7 Å². The van der Waals surface area contributed by atoms with Crippen LogP contribution in [0.1, 0.15) is 67.9 Å². The molecule has 2 aromatic rings. The summed E-state index contributed by atoms with van der Waals surface area (Å²) in [6, 6.07) is 6.22. The van der Waals surface area contributed by atoms with E-state index in [1.54, 1.807) is 13.8 Å². The van der Waals surface area contributed by atoms with Gasteiger partial charge in [0, 0.05) is 5.92 Å². The molecule has 0 heterocycles. The molecule has 0 aromatic heterocycles. The lowest BCUT2D eigenvalue weighted by molar-refractivity contribution is -0.168. The molecule has 5 atom stereocenters. The highest BCUT2D eigenvalue weighted by Gasteiger charge is 2.49. The molecule has 0 saturated heterocycles. The van der Waals surface area contributed by atoms with Crippen molar-refractivity contribution in [3.8, 4) is 0 Å². The van der Waals surface area contributed by atoms with E-state index in [1.165, 1.54) is 19.1 Å². The third-order valence-corrected chi connectivity index (χ3v) is 6.84. The fraction of sp³-hybridized carbons (Fsp3) is 0.500. The highest BCUT2D eigenvalue weighted by Crippen LogP contribution is 2.46. The number of alkyl halides is 6. The molecule has 0 N–H and O–H groups in total. The van der Waals surface area contributed by atoms with Gasteiger partial charge in [0.1, 0.15) is 5.82 Å². The van der Waals surface area contributed by atoms with E-state index in [0.717, 1.165) is 12.1 Å². The van der Waals surface area contributed by atoms with Gasteiger partial charge in [-0.25, -0.2) is 4.39 Å². The topological polar surface area (TPSA) is 61.8 Å². The first-order chi connectivity index (χ1) is 18.7. The Balaban J connectivity index is 2.07. The summed E-state index contributed by atoms with van der Waals surface area (Å²) >= 11 is 0. The molecule has 0 aliphatic heterocycles. The molecule has 12 heteroatoms.